The van der Waals surface area contributed by atoms with Crippen LogP contribution in [0, 0.1) is 12.8 Å². The van der Waals surface area contributed by atoms with Crippen LogP contribution >= 0.6 is 0 Å². The molecule has 1 aromatic carbocycles. The molecule has 4 nitrogen and oxygen atoms in total. The summed E-state index contributed by atoms with van der Waals surface area (Å²) in [5.41, 5.74) is 7.19. The summed E-state index contributed by atoms with van der Waals surface area (Å²) in [4.78, 5) is 11.7. The number of hydrogen-bond acceptors (Lipinski definition) is 3. The van der Waals surface area contributed by atoms with Crippen molar-refractivity contribution in [2.75, 3.05) is 19.0 Å². The van der Waals surface area contributed by atoms with E-state index >= 15 is 0 Å². The van der Waals surface area contributed by atoms with E-state index in [4.69, 9.17) is 10.5 Å². The number of methoxy groups -OCH3 is 1. The zero-order valence-electron chi connectivity index (χ0n) is 9.91. The van der Waals surface area contributed by atoms with E-state index in [1.807, 2.05) is 25.1 Å². The van der Waals surface area contributed by atoms with Crippen LogP contribution in [0.2, 0.25) is 0 Å². The van der Waals surface area contributed by atoms with Gasteiger partial charge in [-0.05, 0) is 24.6 Å². The molecule has 4 heteroatoms. The average Bonchev–Trinajstić information content (AvgIpc) is 2.28. The molecule has 0 spiro atoms. The minimum absolute atomic E-state index is 0.0913. The molecule has 1 atom stereocenters. The molecule has 1 aromatic rings. The highest BCUT2D eigenvalue weighted by molar-refractivity contribution is 5.94. The van der Waals surface area contributed by atoms with Crippen molar-refractivity contribution in [2.24, 2.45) is 11.7 Å². The molecule has 0 heterocycles. The topological polar surface area (TPSA) is 64.3 Å². The number of nitrogens with two attached hydrogens (primary N) is 1. The van der Waals surface area contributed by atoms with Crippen molar-refractivity contribution >= 4 is 11.6 Å². The summed E-state index contributed by atoms with van der Waals surface area (Å²) < 4.78 is 5.17. The summed E-state index contributed by atoms with van der Waals surface area (Å²) in [5.74, 6) is 0.361. The molecule has 16 heavy (non-hydrogen) atoms. The molecule has 0 aliphatic rings. The van der Waals surface area contributed by atoms with Crippen molar-refractivity contribution in [3.63, 3.8) is 0 Å². The Morgan fingerprint density at radius 1 is 1.56 bits per heavy atom. The molecule has 1 unspecified atom stereocenters. The van der Waals surface area contributed by atoms with Gasteiger partial charge < -0.3 is 15.8 Å². The molecule has 0 radical (unpaired) electrons. The molecular formula is C12H18N2O2. The highest BCUT2D eigenvalue weighted by Crippen LogP contribution is 2.25. The Bertz CT molecular complexity index is 377. The first-order chi connectivity index (χ1) is 7.58. The van der Waals surface area contributed by atoms with E-state index < -0.39 is 0 Å². The van der Waals surface area contributed by atoms with E-state index in [1.165, 1.54) is 0 Å². The van der Waals surface area contributed by atoms with Gasteiger partial charge in [-0.2, -0.15) is 0 Å². The minimum atomic E-state index is -0.204. The van der Waals surface area contributed by atoms with Crippen molar-refractivity contribution in [1.29, 1.82) is 0 Å². The first-order valence-corrected chi connectivity index (χ1v) is 5.24. The molecule has 0 aliphatic carbocycles. The summed E-state index contributed by atoms with van der Waals surface area (Å²) in [7, 11) is 1.58. The maximum absolute atomic E-state index is 11.7. The largest absolute Gasteiger partial charge is 0.495 e. The number of hydrogen-bond donors (Lipinski definition) is 2. The van der Waals surface area contributed by atoms with Gasteiger partial charge in [0.1, 0.15) is 5.75 Å². The third-order valence-electron chi connectivity index (χ3n) is 2.41. The number of ether oxygens (including phenoxy) is 1. The van der Waals surface area contributed by atoms with Gasteiger partial charge in [-0.1, -0.05) is 13.0 Å². The van der Waals surface area contributed by atoms with E-state index in [0.717, 1.165) is 5.56 Å². The SMILES string of the molecule is COc1ccc(C)cc1NC(=O)C(C)CN. The standard InChI is InChI=1S/C12H18N2O2/c1-8-4-5-11(16-3)10(6-8)14-12(15)9(2)7-13/h4-6,9H,7,13H2,1-3H3,(H,14,15). The number of anilines is 1. The first kappa shape index (κ1) is 12.5. The van der Waals surface area contributed by atoms with E-state index in [2.05, 4.69) is 5.32 Å². The van der Waals surface area contributed by atoms with Crippen LogP contribution in [0.3, 0.4) is 0 Å². The monoisotopic (exact) mass is 222 g/mol. The van der Waals surface area contributed by atoms with Crippen molar-refractivity contribution < 1.29 is 9.53 Å². The molecule has 1 amide bonds. The van der Waals surface area contributed by atoms with Crippen LogP contribution in [0.15, 0.2) is 18.2 Å². The fraction of sp³-hybridized carbons (Fsp3) is 0.417. The third kappa shape index (κ3) is 2.97. The Labute approximate surface area is 95.8 Å². The van der Waals surface area contributed by atoms with Crippen molar-refractivity contribution in [3.8, 4) is 5.75 Å². The van der Waals surface area contributed by atoms with Gasteiger partial charge in [0, 0.05) is 12.5 Å². The second-order valence-corrected chi connectivity index (χ2v) is 3.83. The van der Waals surface area contributed by atoms with Crippen LogP contribution in [0.25, 0.3) is 0 Å². The highest BCUT2D eigenvalue weighted by atomic mass is 16.5. The van der Waals surface area contributed by atoms with Crippen LogP contribution in [-0.4, -0.2) is 19.6 Å². The minimum Gasteiger partial charge on any atom is -0.495 e. The first-order valence-electron chi connectivity index (χ1n) is 5.24. The van der Waals surface area contributed by atoms with Crippen LogP contribution in [0.5, 0.6) is 5.75 Å². The van der Waals surface area contributed by atoms with Gasteiger partial charge in [-0.25, -0.2) is 0 Å². The Balaban J connectivity index is 2.87. The normalized spacial score (nSPS) is 12.0. The molecule has 0 aliphatic heterocycles. The average molecular weight is 222 g/mol. The smallest absolute Gasteiger partial charge is 0.228 e. The van der Waals surface area contributed by atoms with E-state index in [9.17, 15) is 4.79 Å². The summed E-state index contributed by atoms with van der Waals surface area (Å²) in [6.45, 7) is 4.08. The molecule has 0 saturated carbocycles. The predicted molar refractivity (Wildman–Crippen MR) is 64.6 cm³/mol. The van der Waals surface area contributed by atoms with Crippen molar-refractivity contribution in [1.82, 2.24) is 0 Å². The summed E-state index contributed by atoms with van der Waals surface area (Å²) in [6, 6.07) is 5.64. The Morgan fingerprint density at radius 3 is 2.81 bits per heavy atom. The van der Waals surface area contributed by atoms with Crippen molar-refractivity contribution in [2.45, 2.75) is 13.8 Å². The fourth-order valence-electron chi connectivity index (χ4n) is 1.28. The molecule has 0 fully saturated rings. The van der Waals surface area contributed by atoms with Gasteiger partial charge in [0.25, 0.3) is 0 Å². The molecule has 88 valence electrons. The molecule has 0 bridgehead atoms. The molecule has 1 rings (SSSR count). The second-order valence-electron chi connectivity index (χ2n) is 3.83. The van der Waals surface area contributed by atoms with Gasteiger partial charge in [0.2, 0.25) is 5.91 Å². The third-order valence-corrected chi connectivity index (χ3v) is 2.41. The fourth-order valence-corrected chi connectivity index (χ4v) is 1.28. The van der Waals surface area contributed by atoms with Crippen LogP contribution in [0.4, 0.5) is 5.69 Å². The predicted octanol–water partition coefficient (Wildman–Crippen LogP) is 1.54. The molecule has 3 N–H and O–H groups in total. The lowest BCUT2D eigenvalue weighted by atomic mass is 10.1. The van der Waals surface area contributed by atoms with Crippen LogP contribution in [-0.2, 0) is 4.79 Å². The maximum atomic E-state index is 11.7. The van der Waals surface area contributed by atoms with Crippen molar-refractivity contribution in [3.05, 3.63) is 23.8 Å². The Kier molecular flexibility index (Phi) is 4.31. The van der Waals surface area contributed by atoms with Gasteiger partial charge >= 0.3 is 0 Å². The Hall–Kier alpha value is -1.55. The number of carbonyl (C=O) groups is 1. The van der Waals surface area contributed by atoms with Gasteiger partial charge in [0.15, 0.2) is 0 Å². The Morgan fingerprint density at radius 2 is 2.25 bits per heavy atom. The van der Waals surface area contributed by atoms with E-state index in [1.54, 1.807) is 14.0 Å². The van der Waals surface area contributed by atoms with Gasteiger partial charge in [0.05, 0.1) is 12.8 Å². The number of rotatable bonds is 4. The molecule has 0 saturated heterocycles. The van der Waals surface area contributed by atoms with Crippen LogP contribution < -0.4 is 15.8 Å². The van der Waals surface area contributed by atoms with Crippen LogP contribution in [0.1, 0.15) is 12.5 Å². The zero-order chi connectivity index (χ0) is 12.1. The lowest BCUT2D eigenvalue weighted by Gasteiger charge is -2.13. The molecular weight excluding hydrogens is 204 g/mol. The number of carbonyl (C=O) groups excluding carboxylic acids is 1. The number of benzene rings is 1. The van der Waals surface area contributed by atoms with E-state index in [0.29, 0.717) is 18.0 Å². The lowest BCUT2D eigenvalue weighted by molar-refractivity contribution is -0.119. The zero-order valence-corrected chi connectivity index (χ0v) is 9.91. The van der Waals surface area contributed by atoms with E-state index in [-0.39, 0.29) is 11.8 Å². The lowest BCUT2D eigenvalue weighted by Crippen LogP contribution is -2.26. The molecule has 0 aromatic heterocycles. The quantitative estimate of drug-likeness (QED) is 0.812. The highest BCUT2D eigenvalue weighted by Gasteiger charge is 2.13. The summed E-state index contributed by atoms with van der Waals surface area (Å²) in [6.07, 6.45) is 0. The number of amides is 1. The maximum Gasteiger partial charge on any atom is 0.228 e. The summed E-state index contributed by atoms with van der Waals surface area (Å²) >= 11 is 0. The van der Waals surface area contributed by atoms with Gasteiger partial charge in [-0.15, -0.1) is 0 Å². The second kappa shape index (κ2) is 5.51. The number of nitrogens with one attached hydrogen (secondary N) is 1. The van der Waals surface area contributed by atoms with Gasteiger partial charge in [-0.3, -0.25) is 4.79 Å². The number of aryl methyl sites for hydroxylation is 1. The summed E-state index contributed by atoms with van der Waals surface area (Å²) in [5, 5.41) is 2.81.